The lowest BCUT2D eigenvalue weighted by molar-refractivity contribution is -0.138. The van der Waals surface area contributed by atoms with Crippen molar-refractivity contribution in [1.82, 2.24) is 0 Å². The van der Waals surface area contributed by atoms with E-state index in [0.717, 1.165) is 13.0 Å². The summed E-state index contributed by atoms with van der Waals surface area (Å²) in [5.41, 5.74) is -0.745. The molecular weight excluding hydrogens is 315 g/mol. The van der Waals surface area contributed by atoms with Crippen LogP contribution < -0.4 is 4.72 Å². The van der Waals surface area contributed by atoms with Gasteiger partial charge in [-0.3, -0.25) is 4.72 Å². The number of anilines is 1. The second kappa shape index (κ2) is 5.64. The summed E-state index contributed by atoms with van der Waals surface area (Å²) >= 11 is 0. The van der Waals surface area contributed by atoms with E-state index in [4.69, 9.17) is 0 Å². The fraction of sp³-hybridized carbons (Fsp3) is 0.200. The maximum Gasteiger partial charge on any atom is 0.416 e. The molecule has 0 saturated carbocycles. The standard InChI is InChI=1S/C15H14F3NO2S/c1-10-8-13(15(16,17)18)11(2)14(9-10)22(20,21)19-12-6-4-3-5-7-12/h3-9,19H,1-2H3. The lowest BCUT2D eigenvalue weighted by atomic mass is 10.1. The summed E-state index contributed by atoms with van der Waals surface area (Å²) in [4.78, 5) is -0.372. The largest absolute Gasteiger partial charge is 0.416 e. The molecule has 0 fully saturated rings. The molecule has 118 valence electrons. The summed E-state index contributed by atoms with van der Waals surface area (Å²) in [6.45, 7) is 2.58. The number of hydrogen-bond donors (Lipinski definition) is 1. The zero-order chi connectivity index (χ0) is 16.5. The molecule has 0 bridgehead atoms. The van der Waals surface area contributed by atoms with Crippen LogP contribution in [-0.4, -0.2) is 8.42 Å². The lowest BCUT2D eigenvalue weighted by Crippen LogP contribution is -2.17. The van der Waals surface area contributed by atoms with Gasteiger partial charge in [0.2, 0.25) is 0 Å². The first-order valence-electron chi connectivity index (χ1n) is 6.37. The van der Waals surface area contributed by atoms with Gasteiger partial charge in [0, 0.05) is 5.69 Å². The van der Waals surface area contributed by atoms with Crippen LogP contribution in [0.25, 0.3) is 0 Å². The van der Waals surface area contributed by atoms with Gasteiger partial charge < -0.3 is 0 Å². The maximum atomic E-state index is 13.0. The second-order valence-corrected chi connectivity index (χ2v) is 6.56. The molecular formula is C15H14F3NO2S. The molecule has 0 aromatic heterocycles. The van der Waals surface area contributed by atoms with E-state index in [0.29, 0.717) is 0 Å². The highest BCUT2D eigenvalue weighted by Crippen LogP contribution is 2.35. The van der Waals surface area contributed by atoms with Crippen molar-refractivity contribution in [1.29, 1.82) is 0 Å². The second-order valence-electron chi connectivity index (χ2n) is 4.90. The van der Waals surface area contributed by atoms with Crippen LogP contribution in [0.15, 0.2) is 47.4 Å². The summed E-state index contributed by atoms with van der Waals surface area (Å²) in [6, 6.07) is 10.2. The molecule has 0 spiro atoms. The van der Waals surface area contributed by atoms with Gasteiger partial charge in [0.25, 0.3) is 10.0 Å². The van der Waals surface area contributed by atoms with E-state index >= 15 is 0 Å². The third kappa shape index (κ3) is 3.41. The van der Waals surface area contributed by atoms with Gasteiger partial charge in [0.15, 0.2) is 0 Å². The number of alkyl halides is 3. The topological polar surface area (TPSA) is 46.2 Å². The molecule has 0 unspecified atom stereocenters. The molecule has 2 rings (SSSR count). The van der Waals surface area contributed by atoms with Gasteiger partial charge in [-0.05, 0) is 49.2 Å². The Hall–Kier alpha value is -2.02. The number of aryl methyl sites for hydroxylation is 1. The normalized spacial score (nSPS) is 12.2. The third-order valence-electron chi connectivity index (χ3n) is 3.13. The van der Waals surface area contributed by atoms with E-state index in [9.17, 15) is 21.6 Å². The number of benzene rings is 2. The molecule has 22 heavy (non-hydrogen) atoms. The van der Waals surface area contributed by atoms with E-state index in [-0.39, 0.29) is 21.7 Å². The first kappa shape index (κ1) is 16.4. The Labute approximate surface area is 126 Å². The SMILES string of the molecule is Cc1cc(C(F)(F)F)c(C)c(S(=O)(=O)Nc2ccccc2)c1. The quantitative estimate of drug-likeness (QED) is 0.920. The highest BCUT2D eigenvalue weighted by atomic mass is 32.2. The molecule has 0 aliphatic rings. The predicted octanol–water partition coefficient (Wildman–Crippen LogP) is 4.12. The average Bonchev–Trinajstić information content (AvgIpc) is 2.40. The zero-order valence-corrected chi connectivity index (χ0v) is 12.7. The summed E-state index contributed by atoms with van der Waals surface area (Å²) < 4.78 is 66.1. The smallest absolute Gasteiger partial charge is 0.280 e. The van der Waals surface area contributed by atoms with Gasteiger partial charge in [-0.2, -0.15) is 13.2 Å². The van der Waals surface area contributed by atoms with Crippen molar-refractivity contribution in [2.75, 3.05) is 4.72 Å². The Bertz CT molecular complexity index is 784. The Kier molecular flexibility index (Phi) is 4.19. The summed E-state index contributed by atoms with van der Waals surface area (Å²) in [7, 11) is -4.10. The first-order chi connectivity index (χ1) is 10.1. The number of sulfonamides is 1. The van der Waals surface area contributed by atoms with E-state index in [2.05, 4.69) is 4.72 Å². The number of nitrogens with one attached hydrogen (secondary N) is 1. The van der Waals surface area contributed by atoms with Crippen LogP contribution in [0.3, 0.4) is 0 Å². The minimum absolute atomic E-state index is 0.228. The average molecular weight is 329 g/mol. The van der Waals surface area contributed by atoms with Gasteiger partial charge in [-0.25, -0.2) is 8.42 Å². The van der Waals surface area contributed by atoms with Crippen LogP contribution in [0, 0.1) is 13.8 Å². The Morgan fingerprint density at radius 3 is 2.14 bits per heavy atom. The van der Waals surface area contributed by atoms with Crippen molar-refractivity contribution in [3.05, 3.63) is 59.2 Å². The van der Waals surface area contributed by atoms with Crippen molar-refractivity contribution in [3.8, 4) is 0 Å². The fourth-order valence-electron chi connectivity index (χ4n) is 2.12. The summed E-state index contributed by atoms with van der Waals surface area (Å²) in [5.74, 6) is 0. The van der Waals surface area contributed by atoms with Crippen LogP contribution in [0.5, 0.6) is 0 Å². The number of rotatable bonds is 3. The van der Waals surface area contributed by atoms with Crippen LogP contribution >= 0.6 is 0 Å². The molecule has 0 radical (unpaired) electrons. The zero-order valence-electron chi connectivity index (χ0n) is 11.9. The van der Waals surface area contributed by atoms with Gasteiger partial charge in [0.05, 0.1) is 10.5 Å². The molecule has 3 nitrogen and oxygen atoms in total. The van der Waals surface area contributed by atoms with Crippen molar-refractivity contribution in [2.24, 2.45) is 0 Å². The van der Waals surface area contributed by atoms with Crippen molar-refractivity contribution in [3.63, 3.8) is 0 Å². The van der Waals surface area contributed by atoms with Crippen LogP contribution in [0.2, 0.25) is 0 Å². The molecule has 7 heteroatoms. The van der Waals surface area contributed by atoms with Gasteiger partial charge in [-0.15, -0.1) is 0 Å². The highest BCUT2D eigenvalue weighted by molar-refractivity contribution is 7.92. The van der Waals surface area contributed by atoms with E-state index in [1.54, 1.807) is 18.2 Å². The van der Waals surface area contributed by atoms with Crippen LogP contribution in [0.4, 0.5) is 18.9 Å². The molecule has 2 aromatic carbocycles. The van der Waals surface area contributed by atoms with Crippen molar-refractivity contribution >= 4 is 15.7 Å². The van der Waals surface area contributed by atoms with Gasteiger partial charge in [-0.1, -0.05) is 18.2 Å². The maximum absolute atomic E-state index is 13.0. The van der Waals surface area contributed by atoms with E-state index in [1.165, 1.54) is 25.1 Å². The minimum atomic E-state index is -4.60. The van der Waals surface area contributed by atoms with Crippen LogP contribution in [-0.2, 0) is 16.2 Å². The van der Waals surface area contributed by atoms with Gasteiger partial charge >= 0.3 is 6.18 Å². The minimum Gasteiger partial charge on any atom is -0.280 e. The predicted molar refractivity (Wildman–Crippen MR) is 78.2 cm³/mol. The molecule has 0 heterocycles. The third-order valence-corrected chi connectivity index (χ3v) is 4.63. The molecule has 1 N–H and O–H groups in total. The number of para-hydroxylation sites is 1. The Morgan fingerprint density at radius 2 is 1.59 bits per heavy atom. The molecule has 0 atom stereocenters. The number of hydrogen-bond acceptors (Lipinski definition) is 2. The highest BCUT2D eigenvalue weighted by Gasteiger charge is 2.35. The van der Waals surface area contributed by atoms with E-state index in [1.807, 2.05) is 0 Å². The van der Waals surface area contributed by atoms with Crippen molar-refractivity contribution in [2.45, 2.75) is 24.9 Å². The monoisotopic (exact) mass is 329 g/mol. The van der Waals surface area contributed by atoms with Crippen LogP contribution in [0.1, 0.15) is 16.7 Å². The summed E-state index contributed by atoms with van der Waals surface area (Å²) in [5, 5.41) is 0. The molecule has 2 aromatic rings. The molecule has 0 amide bonds. The first-order valence-corrected chi connectivity index (χ1v) is 7.86. The number of halogens is 3. The Morgan fingerprint density at radius 1 is 1.00 bits per heavy atom. The lowest BCUT2D eigenvalue weighted by Gasteiger charge is -2.16. The molecule has 0 aliphatic carbocycles. The van der Waals surface area contributed by atoms with Gasteiger partial charge in [0.1, 0.15) is 0 Å². The van der Waals surface area contributed by atoms with E-state index < -0.39 is 21.8 Å². The molecule has 0 aliphatic heterocycles. The van der Waals surface area contributed by atoms with Crippen molar-refractivity contribution < 1.29 is 21.6 Å². The molecule has 0 saturated heterocycles. The Balaban J connectivity index is 2.54. The fourth-order valence-corrected chi connectivity index (χ4v) is 3.53. The summed E-state index contributed by atoms with van der Waals surface area (Å²) in [6.07, 6.45) is -4.60.